The smallest absolute Gasteiger partial charge is 0.326 e. The number of para-hydroxylation sites is 2. The van der Waals surface area contributed by atoms with Crippen LogP contribution in [0, 0.1) is 11.8 Å². The van der Waals surface area contributed by atoms with Gasteiger partial charge in [-0.3, -0.25) is 24.1 Å². The lowest BCUT2D eigenvalue weighted by atomic mass is 9.81. The second-order valence-electron chi connectivity index (χ2n) is 7.08. The summed E-state index contributed by atoms with van der Waals surface area (Å²) in [5, 5.41) is 2.63. The maximum Gasteiger partial charge on any atom is 0.326 e. The van der Waals surface area contributed by atoms with E-state index in [1.54, 1.807) is 24.3 Å². The Morgan fingerprint density at radius 3 is 2.36 bits per heavy atom. The highest BCUT2D eigenvalue weighted by Gasteiger charge is 2.48. The SMILES string of the molecule is COc1ccccc1NC(=O)[C@@H](C)OC(=O)CN1C(=O)[C@H]2CCCC[C@@H]2C1=O. The molecule has 1 heterocycles. The minimum absolute atomic E-state index is 0.308. The van der Waals surface area contributed by atoms with Crippen molar-refractivity contribution in [2.45, 2.75) is 38.7 Å². The summed E-state index contributed by atoms with van der Waals surface area (Å²) in [6.07, 6.45) is 2.10. The lowest BCUT2D eigenvalue weighted by Gasteiger charge is -2.19. The molecule has 8 heteroatoms. The van der Waals surface area contributed by atoms with Crippen molar-refractivity contribution in [3.8, 4) is 5.75 Å². The molecule has 0 spiro atoms. The number of nitrogens with zero attached hydrogens (tertiary/aromatic N) is 1. The molecular formula is C20H24N2O6. The third kappa shape index (κ3) is 4.00. The molecule has 3 rings (SSSR count). The van der Waals surface area contributed by atoms with Gasteiger partial charge < -0.3 is 14.8 Å². The van der Waals surface area contributed by atoms with E-state index in [0.717, 1.165) is 17.7 Å². The van der Waals surface area contributed by atoms with Gasteiger partial charge in [0.05, 0.1) is 24.6 Å². The molecule has 3 amide bonds. The number of likely N-dealkylation sites (tertiary alicyclic amines) is 1. The zero-order valence-corrected chi connectivity index (χ0v) is 16.0. The fourth-order valence-electron chi connectivity index (χ4n) is 3.79. The van der Waals surface area contributed by atoms with Gasteiger partial charge in [0.1, 0.15) is 12.3 Å². The third-order valence-electron chi connectivity index (χ3n) is 5.26. The van der Waals surface area contributed by atoms with Crippen molar-refractivity contribution < 1.29 is 28.7 Å². The van der Waals surface area contributed by atoms with Gasteiger partial charge >= 0.3 is 5.97 Å². The number of hydrogen-bond donors (Lipinski definition) is 1. The second kappa shape index (κ2) is 8.41. The van der Waals surface area contributed by atoms with Gasteiger partial charge in [0, 0.05) is 0 Å². The number of esters is 1. The van der Waals surface area contributed by atoms with Gasteiger partial charge in [0.2, 0.25) is 11.8 Å². The van der Waals surface area contributed by atoms with Crippen molar-refractivity contribution in [3.63, 3.8) is 0 Å². The van der Waals surface area contributed by atoms with E-state index in [4.69, 9.17) is 9.47 Å². The van der Waals surface area contributed by atoms with Crippen molar-refractivity contribution >= 4 is 29.4 Å². The van der Waals surface area contributed by atoms with Crippen LogP contribution in [0.1, 0.15) is 32.6 Å². The number of fused-ring (bicyclic) bond motifs is 1. The maximum absolute atomic E-state index is 12.4. The van der Waals surface area contributed by atoms with Crippen LogP contribution in [-0.4, -0.2) is 48.3 Å². The van der Waals surface area contributed by atoms with Gasteiger partial charge in [-0.2, -0.15) is 0 Å². The Kier molecular flexibility index (Phi) is 5.96. The minimum Gasteiger partial charge on any atom is -0.495 e. The number of benzene rings is 1. The van der Waals surface area contributed by atoms with E-state index in [0.29, 0.717) is 24.3 Å². The predicted octanol–water partition coefficient (Wildman–Crippen LogP) is 1.74. The maximum atomic E-state index is 12.4. The number of carbonyl (C=O) groups excluding carboxylic acids is 4. The Hall–Kier alpha value is -2.90. The zero-order chi connectivity index (χ0) is 20.3. The van der Waals surface area contributed by atoms with E-state index in [1.807, 2.05) is 0 Å². The van der Waals surface area contributed by atoms with Crippen molar-refractivity contribution in [3.05, 3.63) is 24.3 Å². The first-order valence-corrected chi connectivity index (χ1v) is 9.41. The second-order valence-corrected chi connectivity index (χ2v) is 7.08. The van der Waals surface area contributed by atoms with Crippen LogP contribution in [0.3, 0.4) is 0 Å². The van der Waals surface area contributed by atoms with Gasteiger partial charge in [-0.25, -0.2) is 0 Å². The van der Waals surface area contributed by atoms with E-state index in [-0.39, 0.29) is 23.7 Å². The zero-order valence-electron chi connectivity index (χ0n) is 16.0. The number of hydrogen-bond acceptors (Lipinski definition) is 6. The fourth-order valence-corrected chi connectivity index (χ4v) is 3.79. The molecule has 3 atom stereocenters. The van der Waals surface area contributed by atoms with Crippen LogP contribution in [0.25, 0.3) is 0 Å². The largest absolute Gasteiger partial charge is 0.495 e. The molecule has 1 aromatic carbocycles. The van der Waals surface area contributed by atoms with Crippen LogP contribution in [-0.2, 0) is 23.9 Å². The number of amides is 3. The van der Waals surface area contributed by atoms with Crippen molar-refractivity contribution in [1.82, 2.24) is 4.90 Å². The molecule has 2 fully saturated rings. The van der Waals surface area contributed by atoms with Gasteiger partial charge in [-0.15, -0.1) is 0 Å². The lowest BCUT2D eigenvalue weighted by molar-refractivity contribution is -0.158. The predicted molar refractivity (Wildman–Crippen MR) is 99.3 cm³/mol. The minimum atomic E-state index is -1.09. The molecule has 1 aliphatic carbocycles. The molecule has 1 aromatic rings. The van der Waals surface area contributed by atoms with Gasteiger partial charge in [-0.1, -0.05) is 25.0 Å². The van der Waals surface area contributed by atoms with E-state index >= 15 is 0 Å². The highest BCUT2D eigenvalue weighted by molar-refractivity contribution is 6.07. The van der Waals surface area contributed by atoms with Gasteiger partial charge in [-0.05, 0) is 31.9 Å². The first kappa shape index (κ1) is 19.9. The van der Waals surface area contributed by atoms with E-state index < -0.39 is 24.5 Å². The Morgan fingerprint density at radius 1 is 1.14 bits per heavy atom. The Balaban J connectivity index is 1.56. The quantitative estimate of drug-likeness (QED) is 0.588. The number of carbonyl (C=O) groups is 4. The van der Waals surface area contributed by atoms with Crippen LogP contribution in [0.2, 0.25) is 0 Å². The molecular weight excluding hydrogens is 364 g/mol. The summed E-state index contributed by atoms with van der Waals surface area (Å²) >= 11 is 0. The fraction of sp³-hybridized carbons (Fsp3) is 0.500. The molecule has 1 aliphatic heterocycles. The Bertz CT molecular complexity index is 769. The molecule has 8 nitrogen and oxygen atoms in total. The van der Waals surface area contributed by atoms with Crippen LogP contribution in [0.4, 0.5) is 5.69 Å². The monoisotopic (exact) mass is 388 g/mol. The molecule has 0 radical (unpaired) electrons. The number of anilines is 1. The molecule has 0 aromatic heterocycles. The third-order valence-corrected chi connectivity index (χ3v) is 5.26. The standard InChI is InChI=1S/C20H24N2O6/c1-12(18(24)21-15-9-5-6-10-16(15)27-2)28-17(23)11-22-19(25)13-7-3-4-8-14(13)20(22)26/h5-6,9-10,12-14H,3-4,7-8,11H2,1-2H3,(H,21,24)/t12-,13+,14+/m1/s1. The van der Waals surface area contributed by atoms with Crippen LogP contribution in [0.15, 0.2) is 24.3 Å². The van der Waals surface area contributed by atoms with Crippen molar-refractivity contribution in [2.75, 3.05) is 19.0 Å². The molecule has 0 bridgehead atoms. The van der Waals surface area contributed by atoms with Gasteiger partial charge in [0.15, 0.2) is 6.10 Å². The summed E-state index contributed by atoms with van der Waals surface area (Å²) in [5.74, 6) is -2.10. The number of ether oxygens (including phenoxy) is 2. The Labute approximate surface area is 163 Å². The molecule has 1 saturated carbocycles. The summed E-state index contributed by atoms with van der Waals surface area (Å²) in [6.45, 7) is 0.965. The average molecular weight is 388 g/mol. The molecule has 2 aliphatic rings. The van der Waals surface area contributed by atoms with Crippen molar-refractivity contribution in [2.24, 2.45) is 11.8 Å². The first-order chi connectivity index (χ1) is 13.4. The lowest BCUT2D eigenvalue weighted by Crippen LogP contribution is -2.39. The molecule has 28 heavy (non-hydrogen) atoms. The Morgan fingerprint density at radius 2 is 1.75 bits per heavy atom. The highest BCUT2D eigenvalue weighted by atomic mass is 16.5. The normalized spacial score (nSPS) is 22.4. The van der Waals surface area contributed by atoms with Crippen LogP contribution >= 0.6 is 0 Å². The summed E-state index contributed by atoms with van der Waals surface area (Å²) < 4.78 is 10.3. The number of rotatable bonds is 6. The van der Waals surface area contributed by atoms with Crippen molar-refractivity contribution in [1.29, 1.82) is 0 Å². The number of nitrogens with one attached hydrogen (secondary N) is 1. The van der Waals surface area contributed by atoms with Crippen LogP contribution < -0.4 is 10.1 Å². The number of methoxy groups -OCH3 is 1. The van der Waals surface area contributed by atoms with Gasteiger partial charge in [0.25, 0.3) is 5.91 Å². The van der Waals surface area contributed by atoms with E-state index in [1.165, 1.54) is 14.0 Å². The summed E-state index contributed by atoms with van der Waals surface area (Å²) in [4.78, 5) is 50.3. The topological polar surface area (TPSA) is 102 Å². The highest BCUT2D eigenvalue weighted by Crippen LogP contribution is 2.37. The average Bonchev–Trinajstić information content (AvgIpc) is 2.93. The number of imide groups is 1. The first-order valence-electron chi connectivity index (χ1n) is 9.41. The summed E-state index contributed by atoms with van der Waals surface area (Å²) in [6, 6.07) is 6.85. The van der Waals surface area contributed by atoms with E-state index in [9.17, 15) is 19.2 Å². The summed E-state index contributed by atoms with van der Waals surface area (Å²) in [7, 11) is 1.48. The molecule has 1 saturated heterocycles. The van der Waals surface area contributed by atoms with Crippen LogP contribution in [0.5, 0.6) is 5.75 Å². The molecule has 1 N–H and O–H groups in total. The molecule has 0 unspecified atom stereocenters. The van der Waals surface area contributed by atoms with E-state index in [2.05, 4.69) is 5.32 Å². The molecule has 150 valence electrons. The summed E-state index contributed by atoms with van der Waals surface area (Å²) in [5.41, 5.74) is 0.451.